The zero-order valence-electron chi connectivity index (χ0n) is 12.7. The molecule has 4 heteroatoms. The van der Waals surface area contributed by atoms with Gasteiger partial charge in [-0.3, -0.25) is 4.79 Å². The number of hydrogen-bond donors (Lipinski definition) is 0. The van der Waals surface area contributed by atoms with Gasteiger partial charge in [-0.2, -0.15) is 0 Å². The minimum absolute atomic E-state index is 0.00249. The third-order valence-electron chi connectivity index (χ3n) is 4.20. The Bertz CT molecular complexity index is 408. The van der Waals surface area contributed by atoms with Gasteiger partial charge in [0.1, 0.15) is 11.4 Å². The van der Waals surface area contributed by atoms with Gasteiger partial charge in [0.15, 0.2) is 0 Å². The number of amides is 1. The molecule has 0 bridgehead atoms. The molecule has 1 amide bonds. The molecule has 108 valence electrons. The quantitative estimate of drug-likeness (QED) is 0.678. The topological polar surface area (TPSA) is 46.6 Å². The second-order valence-electron chi connectivity index (χ2n) is 7.81. The van der Waals surface area contributed by atoms with Gasteiger partial charge in [0.2, 0.25) is 0 Å². The lowest BCUT2D eigenvalue weighted by molar-refractivity contribution is -0.124. The van der Waals surface area contributed by atoms with Crippen LogP contribution in [0.4, 0.5) is 4.79 Å². The minimum atomic E-state index is -0.461. The van der Waals surface area contributed by atoms with Crippen molar-refractivity contribution >= 4 is 11.9 Å². The Morgan fingerprint density at radius 2 is 1.95 bits per heavy atom. The number of carbonyl (C=O) groups is 2. The zero-order valence-corrected chi connectivity index (χ0v) is 12.7. The van der Waals surface area contributed by atoms with Crippen LogP contribution in [0.1, 0.15) is 53.9 Å². The molecule has 1 saturated carbocycles. The highest BCUT2D eigenvalue weighted by Crippen LogP contribution is 2.51. The fourth-order valence-electron chi connectivity index (χ4n) is 3.38. The maximum atomic E-state index is 12.1. The summed E-state index contributed by atoms with van der Waals surface area (Å²) in [7, 11) is 0. The van der Waals surface area contributed by atoms with Crippen molar-refractivity contribution in [3.05, 3.63) is 0 Å². The molecular formula is C15H25NO3. The number of carbonyl (C=O) groups excluding carboxylic acids is 2. The molecule has 1 saturated heterocycles. The van der Waals surface area contributed by atoms with E-state index >= 15 is 0 Å². The molecule has 1 aliphatic heterocycles. The van der Waals surface area contributed by atoms with Crippen LogP contribution in [0.3, 0.4) is 0 Å². The summed E-state index contributed by atoms with van der Waals surface area (Å²) in [4.78, 5) is 25.9. The summed E-state index contributed by atoms with van der Waals surface area (Å²) in [5.41, 5.74) is -0.695. The highest BCUT2D eigenvalue weighted by Gasteiger charge is 2.53. The van der Waals surface area contributed by atoms with Gasteiger partial charge < -0.3 is 9.64 Å². The Kier molecular flexibility index (Phi) is 3.19. The number of ether oxygens (including phenoxy) is 1. The van der Waals surface area contributed by atoms with E-state index in [2.05, 4.69) is 0 Å². The van der Waals surface area contributed by atoms with Gasteiger partial charge in [-0.1, -0.05) is 13.8 Å². The van der Waals surface area contributed by atoms with Crippen LogP contribution in [0, 0.1) is 10.8 Å². The summed E-state index contributed by atoms with van der Waals surface area (Å²) >= 11 is 0. The SMILES string of the molecule is CC(C)(C)OC(=O)N1CCC2(CC(=O)C(C)(C)C2)C1. The van der Waals surface area contributed by atoms with Crippen molar-refractivity contribution in [3.63, 3.8) is 0 Å². The zero-order chi connectivity index (χ0) is 14.5. The van der Waals surface area contributed by atoms with E-state index in [0.717, 1.165) is 12.8 Å². The number of likely N-dealkylation sites (tertiary alicyclic amines) is 1. The molecule has 0 aromatic heterocycles. The van der Waals surface area contributed by atoms with Crippen LogP contribution >= 0.6 is 0 Å². The van der Waals surface area contributed by atoms with E-state index in [4.69, 9.17) is 4.74 Å². The second kappa shape index (κ2) is 4.22. The smallest absolute Gasteiger partial charge is 0.410 e. The molecule has 4 nitrogen and oxygen atoms in total. The molecule has 2 fully saturated rings. The molecule has 0 aromatic carbocycles. The Morgan fingerprint density at radius 1 is 1.32 bits per heavy atom. The van der Waals surface area contributed by atoms with Crippen LogP contribution in [0.2, 0.25) is 0 Å². The summed E-state index contributed by atoms with van der Waals surface area (Å²) in [5.74, 6) is 0.332. The van der Waals surface area contributed by atoms with Gasteiger partial charge in [-0.25, -0.2) is 4.79 Å². The van der Waals surface area contributed by atoms with Crippen molar-refractivity contribution in [2.45, 2.75) is 59.5 Å². The molecule has 1 aliphatic carbocycles. The standard InChI is InChI=1S/C15H25NO3/c1-13(2,3)19-12(18)16-7-6-15(10-16)8-11(17)14(4,5)9-15/h6-10H2,1-5H3. The Labute approximate surface area is 115 Å². The van der Waals surface area contributed by atoms with Crippen molar-refractivity contribution in [2.75, 3.05) is 13.1 Å². The minimum Gasteiger partial charge on any atom is -0.444 e. The van der Waals surface area contributed by atoms with Gasteiger partial charge in [0.25, 0.3) is 0 Å². The first-order valence-electron chi connectivity index (χ1n) is 7.04. The van der Waals surface area contributed by atoms with Crippen LogP contribution < -0.4 is 0 Å². The van der Waals surface area contributed by atoms with Gasteiger partial charge in [0, 0.05) is 24.9 Å². The maximum Gasteiger partial charge on any atom is 0.410 e. The highest BCUT2D eigenvalue weighted by atomic mass is 16.6. The molecule has 19 heavy (non-hydrogen) atoms. The summed E-state index contributed by atoms with van der Waals surface area (Å²) in [6.45, 7) is 11.0. The van der Waals surface area contributed by atoms with E-state index < -0.39 is 5.60 Å². The van der Waals surface area contributed by atoms with Gasteiger partial charge in [-0.05, 0) is 39.0 Å². The van der Waals surface area contributed by atoms with Crippen molar-refractivity contribution in [3.8, 4) is 0 Å². The summed E-state index contributed by atoms with van der Waals surface area (Å²) in [6, 6.07) is 0. The van der Waals surface area contributed by atoms with Gasteiger partial charge in [-0.15, -0.1) is 0 Å². The van der Waals surface area contributed by atoms with Crippen molar-refractivity contribution in [1.82, 2.24) is 4.90 Å². The number of rotatable bonds is 0. The Morgan fingerprint density at radius 3 is 2.42 bits per heavy atom. The van der Waals surface area contributed by atoms with Crippen LogP contribution in [-0.2, 0) is 9.53 Å². The predicted molar refractivity (Wildman–Crippen MR) is 72.9 cm³/mol. The van der Waals surface area contributed by atoms with E-state index in [1.54, 1.807) is 4.90 Å². The third-order valence-corrected chi connectivity index (χ3v) is 4.20. The lowest BCUT2D eigenvalue weighted by atomic mass is 9.81. The molecule has 1 heterocycles. The molecule has 1 unspecified atom stereocenters. The van der Waals surface area contributed by atoms with Crippen LogP contribution in [0.25, 0.3) is 0 Å². The van der Waals surface area contributed by atoms with E-state index in [-0.39, 0.29) is 16.9 Å². The lowest BCUT2D eigenvalue weighted by Crippen LogP contribution is -2.36. The van der Waals surface area contributed by atoms with Crippen molar-refractivity contribution < 1.29 is 14.3 Å². The van der Waals surface area contributed by atoms with Gasteiger partial charge in [0.05, 0.1) is 0 Å². The van der Waals surface area contributed by atoms with E-state index in [1.807, 2.05) is 34.6 Å². The van der Waals surface area contributed by atoms with E-state index in [9.17, 15) is 9.59 Å². The van der Waals surface area contributed by atoms with Crippen molar-refractivity contribution in [1.29, 1.82) is 0 Å². The Hall–Kier alpha value is -1.06. The number of nitrogens with zero attached hydrogens (tertiary/aromatic N) is 1. The first-order chi connectivity index (χ1) is 8.53. The lowest BCUT2D eigenvalue weighted by Gasteiger charge is -2.27. The number of Topliss-reactive ketones (excluding diaryl/α,β-unsaturated/α-hetero) is 1. The largest absolute Gasteiger partial charge is 0.444 e. The average Bonchev–Trinajstić information content (AvgIpc) is 2.67. The van der Waals surface area contributed by atoms with Crippen molar-refractivity contribution in [2.24, 2.45) is 10.8 Å². The maximum absolute atomic E-state index is 12.1. The van der Waals surface area contributed by atoms with Gasteiger partial charge >= 0.3 is 6.09 Å². The molecule has 1 spiro atoms. The highest BCUT2D eigenvalue weighted by molar-refractivity contribution is 5.87. The Balaban J connectivity index is 2.01. The first kappa shape index (κ1) is 14.4. The molecule has 1 atom stereocenters. The fraction of sp³-hybridized carbons (Fsp3) is 0.867. The van der Waals surface area contributed by atoms with E-state index in [1.165, 1.54) is 0 Å². The summed E-state index contributed by atoms with van der Waals surface area (Å²) in [6.07, 6.45) is 2.17. The fourth-order valence-corrected chi connectivity index (χ4v) is 3.38. The summed E-state index contributed by atoms with van der Waals surface area (Å²) < 4.78 is 5.41. The summed E-state index contributed by atoms with van der Waals surface area (Å²) in [5, 5.41) is 0. The monoisotopic (exact) mass is 267 g/mol. The molecule has 0 aromatic rings. The molecule has 0 N–H and O–H groups in total. The second-order valence-corrected chi connectivity index (χ2v) is 7.81. The van der Waals surface area contributed by atoms with Crippen LogP contribution in [0.15, 0.2) is 0 Å². The normalized spacial score (nSPS) is 30.2. The third kappa shape index (κ3) is 2.93. The average molecular weight is 267 g/mol. The molecule has 2 rings (SSSR count). The predicted octanol–water partition coefficient (Wildman–Crippen LogP) is 3.00. The molecule has 2 aliphatic rings. The first-order valence-corrected chi connectivity index (χ1v) is 7.04. The molecule has 0 radical (unpaired) electrons. The molecular weight excluding hydrogens is 242 g/mol. The van der Waals surface area contributed by atoms with Crippen LogP contribution in [-0.4, -0.2) is 35.5 Å². The van der Waals surface area contributed by atoms with Crippen LogP contribution in [0.5, 0.6) is 0 Å². The van der Waals surface area contributed by atoms with E-state index in [0.29, 0.717) is 25.3 Å². The number of ketones is 1. The number of hydrogen-bond acceptors (Lipinski definition) is 3.